The number of Topliss-reactive ketones (excluding diaryl/α,β-unsaturated/α-hetero) is 1. The Kier molecular flexibility index (Phi) is 8.34. The predicted octanol–water partition coefficient (Wildman–Crippen LogP) is 7.11. The fourth-order valence-electron chi connectivity index (χ4n) is 5.08. The lowest BCUT2D eigenvalue weighted by Crippen LogP contribution is -2.54. The first-order chi connectivity index (χ1) is 18.4. The zero-order chi connectivity index (χ0) is 28.3. The minimum absolute atomic E-state index is 0.0998. The molecule has 0 saturated carbocycles. The summed E-state index contributed by atoms with van der Waals surface area (Å²) in [6.45, 7) is 2.93. The van der Waals surface area contributed by atoms with Crippen molar-refractivity contribution in [2.24, 2.45) is 0 Å². The molecule has 1 atom stereocenters. The molecule has 1 aliphatic heterocycles. The molecule has 2 heterocycles. The molecule has 4 nitrogen and oxygen atoms in total. The molecule has 39 heavy (non-hydrogen) atoms. The Labute approximate surface area is 223 Å². The van der Waals surface area contributed by atoms with Crippen molar-refractivity contribution in [1.29, 1.82) is 0 Å². The Morgan fingerprint density at radius 3 is 2.00 bits per heavy atom. The van der Waals surface area contributed by atoms with Gasteiger partial charge in [0, 0.05) is 31.7 Å². The van der Waals surface area contributed by atoms with Crippen molar-refractivity contribution in [2.75, 3.05) is 18.4 Å². The molecule has 0 amide bonds. The van der Waals surface area contributed by atoms with Crippen LogP contribution in [0.2, 0.25) is 0 Å². The number of hydrogen-bond donors (Lipinski definition) is 1. The molecular weight excluding hydrogens is 520 g/mol. The van der Waals surface area contributed by atoms with Crippen molar-refractivity contribution < 1.29 is 31.1 Å². The molecule has 10 heteroatoms. The first-order valence-electron chi connectivity index (χ1n) is 12.7. The van der Waals surface area contributed by atoms with Gasteiger partial charge in [-0.1, -0.05) is 36.4 Å². The summed E-state index contributed by atoms with van der Waals surface area (Å²) in [7, 11) is 0. The van der Waals surface area contributed by atoms with Crippen LogP contribution in [0, 0.1) is 0 Å². The zero-order valence-electron chi connectivity index (χ0n) is 21.3. The maximum absolute atomic E-state index is 13.8. The van der Waals surface area contributed by atoms with Gasteiger partial charge in [-0.15, -0.1) is 0 Å². The summed E-state index contributed by atoms with van der Waals surface area (Å²) in [4.78, 5) is 20.1. The summed E-state index contributed by atoms with van der Waals surface area (Å²) in [6, 6.07) is 16.3. The molecule has 0 radical (unpaired) electrons. The van der Waals surface area contributed by atoms with Gasteiger partial charge in [0.1, 0.15) is 11.4 Å². The zero-order valence-corrected chi connectivity index (χ0v) is 21.3. The van der Waals surface area contributed by atoms with Gasteiger partial charge in [0.15, 0.2) is 5.78 Å². The molecule has 1 fully saturated rings. The van der Waals surface area contributed by atoms with E-state index < -0.39 is 29.0 Å². The lowest BCUT2D eigenvalue weighted by atomic mass is 9.81. The highest BCUT2D eigenvalue weighted by Crippen LogP contribution is 2.38. The smallest absolute Gasteiger partial charge is 0.367 e. The quantitative estimate of drug-likeness (QED) is 0.304. The summed E-state index contributed by atoms with van der Waals surface area (Å²) in [5.74, 6) is 0.493. The number of nitrogens with one attached hydrogen (secondary N) is 1. The average Bonchev–Trinajstić information content (AvgIpc) is 2.91. The highest BCUT2D eigenvalue weighted by atomic mass is 19.4. The number of carbonyl (C=O) groups excluding carboxylic acids is 1. The van der Waals surface area contributed by atoms with Gasteiger partial charge in [0.25, 0.3) is 0 Å². The van der Waals surface area contributed by atoms with Crippen LogP contribution in [-0.4, -0.2) is 34.8 Å². The number of anilines is 1. The molecular formula is C29H29F6N3O. The topological polar surface area (TPSA) is 45.2 Å². The van der Waals surface area contributed by atoms with Crippen molar-refractivity contribution in [3.63, 3.8) is 0 Å². The number of rotatable bonds is 8. The van der Waals surface area contributed by atoms with Crippen LogP contribution in [-0.2, 0) is 29.1 Å². The third-order valence-electron chi connectivity index (χ3n) is 7.31. The number of benzene rings is 2. The van der Waals surface area contributed by atoms with Gasteiger partial charge >= 0.3 is 12.4 Å². The van der Waals surface area contributed by atoms with E-state index in [1.54, 1.807) is 25.3 Å². The van der Waals surface area contributed by atoms with Gasteiger partial charge in [0.2, 0.25) is 0 Å². The van der Waals surface area contributed by atoms with E-state index in [0.29, 0.717) is 25.2 Å². The number of aromatic nitrogens is 1. The van der Waals surface area contributed by atoms with Gasteiger partial charge in [-0.2, -0.15) is 26.3 Å². The van der Waals surface area contributed by atoms with Crippen LogP contribution in [0.25, 0.3) is 0 Å². The highest BCUT2D eigenvalue weighted by Gasteiger charge is 2.42. The monoisotopic (exact) mass is 549 g/mol. The number of piperidine rings is 1. The number of halogens is 6. The minimum Gasteiger partial charge on any atom is -0.367 e. The molecule has 1 aromatic heterocycles. The minimum atomic E-state index is -4.94. The van der Waals surface area contributed by atoms with E-state index in [1.807, 2.05) is 36.4 Å². The maximum Gasteiger partial charge on any atom is 0.416 e. The van der Waals surface area contributed by atoms with Crippen LogP contribution in [0.1, 0.15) is 48.4 Å². The number of likely N-dealkylation sites (tertiary alicyclic amines) is 1. The van der Waals surface area contributed by atoms with Gasteiger partial charge in [-0.3, -0.25) is 9.69 Å². The van der Waals surface area contributed by atoms with Crippen molar-refractivity contribution >= 4 is 11.6 Å². The number of aryl methyl sites for hydroxylation is 1. The lowest BCUT2D eigenvalue weighted by molar-refractivity contribution is -0.143. The van der Waals surface area contributed by atoms with Gasteiger partial charge in [0.05, 0.1) is 11.1 Å². The predicted molar refractivity (Wildman–Crippen MR) is 136 cm³/mol. The summed E-state index contributed by atoms with van der Waals surface area (Å²) in [5.41, 5.74) is -3.31. The molecule has 3 aromatic rings. The van der Waals surface area contributed by atoms with E-state index in [9.17, 15) is 31.1 Å². The highest BCUT2D eigenvalue weighted by molar-refractivity contribution is 5.89. The fourth-order valence-corrected chi connectivity index (χ4v) is 5.08. The molecule has 1 aliphatic rings. The third-order valence-corrected chi connectivity index (χ3v) is 7.31. The first-order valence-corrected chi connectivity index (χ1v) is 12.7. The summed E-state index contributed by atoms with van der Waals surface area (Å²) in [5, 5.41) is 3.40. The normalized spacial score (nSPS) is 17.0. The van der Waals surface area contributed by atoms with Crippen molar-refractivity contribution in [1.82, 2.24) is 9.88 Å². The second-order valence-electron chi connectivity index (χ2n) is 9.90. The molecule has 0 aliphatic carbocycles. The molecule has 0 spiro atoms. The van der Waals surface area contributed by atoms with Crippen LogP contribution in [0.3, 0.4) is 0 Å². The molecule has 208 valence electrons. The number of nitrogens with zero attached hydrogens (tertiary/aromatic N) is 2. The summed E-state index contributed by atoms with van der Waals surface area (Å²) in [6.07, 6.45) is -7.17. The summed E-state index contributed by atoms with van der Waals surface area (Å²) >= 11 is 0. The molecule has 1 unspecified atom stereocenters. The summed E-state index contributed by atoms with van der Waals surface area (Å²) < 4.78 is 79.8. The average molecular weight is 550 g/mol. The number of carbonyl (C=O) groups is 1. The van der Waals surface area contributed by atoms with E-state index in [-0.39, 0.29) is 36.3 Å². The second-order valence-corrected chi connectivity index (χ2v) is 9.90. The third kappa shape index (κ3) is 6.79. The van der Waals surface area contributed by atoms with Gasteiger partial charge in [-0.25, -0.2) is 4.98 Å². The Morgan fingerprint density at radius 1 is 0.872 bits per heavy atom. The molecule has 2 aromatic carbocycles. The number of hydrogen-bond acceptors (Lipinski definition) is 4. The number of alkyl halides is 6. The number of pyridine rings is 1. The van der Waals surface area contributed by atoms with E-state index in [0.717, 1.165) is 24.2 Å². The van der Waals surface area contributed by atoms with Crippen LogP contribution in [0.15, 0.2) is 72.9 Å². The Morgan fingerprint density at radius 2 is 1.46 bits per heavy atom. The molecule has 4 rings (SSSR count). The van der Waals surface area contributed by atoms with Gasteiger partial charge in [-0.05, 0) is 67.6 Å². The first kappa shape index (κ1) is 28.6. The molecule has 1 saturated heterocycles. The van der Waals surface area contributed by atoms with Crippen LogP contribution in [0.5, 0.6) is 0 Å². The van der Waals surface area contributed by atoms with E-state index in [1.165, 1.54) is 0 Å². The standard InChI is InChI=1S/C29H29F6N3O/c1-27(21-7-3-2-4-8-21,38-15-12-24(13-16-38)37-26-9-5-6-14-36-26)25(39)11-10-20-17-22(28(30,31)32)19-23(18-20)29(33,34)35/h2-9,14,17-19,24H,10-13,15-16H2,1H3,(H,36,37). The van der Waals surface area contributed by atoms with Gasteiger partial charge < -0.3 is 5.32 Å². The van der Waals surface area contributed by atoms with Crippen LogP contribution in [0.4, 0.5) is 32.2 Å². The van der Waals surface area contributed by atoms with Crippen LogP contribution >= 0.6 is 0 Å². The largest absolute Gasteiger partial charge is 0.416 e. The van der Waals surface area contributed by atoms with Crippen molar-refractivity contribution in [2.45, 2.75) is 56.5 Å². The Hall–Kier alpha value is -3.40. The van der Waals surface area contributed by atoms with Crippen molar-refractivity contribution in [3.05, 3.63) is 95.2 Å². The van der Waals surface area contributed by atoms with Crippen molar-refractivity contribution in [3.8, 4) is 0 Å². The van der Waals surface area contributed by atoms with E-state index in [2.05, 4.69) is 15.2 Å². The van der Waals surface area contributed by atoms with Crippen LogP contribution < -0.4 is 5.32 Å². The Balaban J connectivity index is 1.53. The second kappa shape index (κ2) is 11.4. The Bertz CT molecular complexity index is 1220. The van der Waals surface area contributed by atoms with E-state index in [4.69, 9.17) is 0 Å². The SMILES string of the molecule is CC(C(=O)CCc1cc(C(F)(F)F)cc(C(F)(F)F)c1)(c1ccccc1)N1CCC(Nc2ccccn2)CC1. The maximum atomic E-state index is 13.8. The van der Waals surface area contributed by atoms with E-state index >= 15 is 0 Å². The lowest BCUT2D eigenvalue weighted by Gasteiger charge is -2.44. The fraction of sp³-hybridized carbons (Fsp3) is 0.379. The number of ketones is 1. The molecule has 0 bridgehead atoms. The molecule has 1 N–H and O–H groups in total.